The van der Waals surface area contributed by atoms with Gasteiger partial charge in [-0.05, 0) is 31.0 Å². The lowest BCUT2D eigenvalue weighted by atomic mass is 10.2. The van der Waals surface area contributed by atoms with Gasteiger partial charge in [0.2, 0.25) is 5.91 Å². The molecule has 1 saturated heterocycles. The number of hydrogen-bond acceptors (Lipinski definition) is 3. The van der Waals surface area contributed by atoms with Gasteiger partial charge in [0.05, 0.1) is 12.6 Å². The van der Waals surface area contributed by atoms with Crippen molar-refractivity contribution in [2.24, 2.45) is 10.9 Å². The summed E-state index contributed by atoms with van der Waals surface area (Å²) in [4.78, 5) is 18.4. The smallest absolute Gasteiger partial charge is 0.226 e. The number of aliphatic imine (C=N–C) groups is 1. The van der Waals surface area contributed by atoms with Gasteiger partial charge in [-0.15, -0.1) is 0 Å². The number of β-amino-alcohol motifs (C(OH)–C–C–N with tert-alkyl or cyclic N) is 1. The van der Waals surface area contributed by atoms with Crippen molar-refractivity contribution in [1.29, 1.82) is 0 Å². The van der Waals surface area contributed by atoms with E-state index >= 15 is 0 Å². The number of likely N-dealkylation sites (tertiary alicyclic amines) is 1. The molecule has 6 nitrogen and oxygen atoms in total. The van der Waals surface area contributed by atoms with Crippen LogP contribution in [0.1, 0.15) is 32.8 Å². The van der Waals surface area contributed by atoms with Crippen molar-refractivity contribution < 1.29 is 9.90 Å². The van der Waals surface area contributed by atoms with Crippen molar-refractivity contribution in [3.05, 3.63) is 29.8 Å². The quantitative estimate of drug-likeness (QED) is 0.568. The van der Waals surface area contributed by atoms with E-state index in [1.165, 1.54) is 0 Å². The summed E-state index contributed by atoms with van der Waals surface area (Å²) in [6.45, 7) is 8.60. The fraction of sp³-hybridized carbons (Fsp3) is 0.556. The SMILES string of the molecule is CCNC(=NCc1ccc(NC(=O)C(C)C)cc1)N1CC[C@@H](O)C1. The molecule has 0 spiro atoms. The Hall–Kier alpha value is -2.08. The highest BCUT2D eigenvalue weighted by Crippen LogP contribution is 2.13. The highest BCUT2D eigenvalue weighted by Gasteiger charge is 2.22. The molecule has 0 saturated carbocycles. The van der Waals surface area contributed by atoms with Crippen LogP contribution < -0.4 is 10.6 Å². The number of nitrogens with one attached hydrogen (secondary N) is 2. The van der Waals surface area contributed by atoms with Crippen LogP contribution in [0.4, 0.5) is 5.69 Å². The Morgan fingerprint density at radius 2 is 2.08 bits per heavy atom. The largest absolute Gasteiger partial charge is 0.391 e. The zero-order chi connectivity index (χ0) is 17.5. The van der Waals surface area contributed by atoms with Crippen LogP contribution in [0, 0.1) is 5.92 Å². The van der Waals surface area contributed by atoms with Gasteiger partial charge in [-0.3, -0.25) is 4.79 Å². The molecule has 6 heteroatoms. The minimum atomic E-state index is -0.266. The van der Waals surface area contributed by atoms with Gasteiger partial charge in [0.1, 0.15) is 0 Å². The van der Waals surface area contributed by atoms with Crippen LogP contribution in [-0.4, -0.2) is 47.6 Å². The summed E-state index contributed by atoms with van der Waals surface area (Å²) < 4.78 is 0. The average Bonchev–Trinajstić information content (AvgIpc) is 2.99. The number of nitrogens with zero attached hydrogens (tertiary/aromatic N) is 2. The first-order valence-corrected chi connectivity index (χ1v) is 8.60. The lowest BCUT2D eigenvalue weighted by Crippen LogP contribution is -2.40. The van der Waals surface area contributed by atoms with Crippen molar-refractivity contribution in [3.8, 4) is 0 Å². The van der Waals surface area contributed by atoms with Gasteiger partial charge in [0.25, 0.3) is 0 Å². The predicted octanol–water partition coefficient (Wildman–Crippen LogP) is 1.81. The first kappa shape index (κ1) is 18.3. The second-order valence-corrected chi connectivity index (χ2v) is 6.40. The first-order valence-electron chi connectivity index (χ1n) is 8.60. The van der Waals surface area contributed by atoms with Crippen LogP contribution in [0.5, 0.6) is 0 Å². The molecular formula is C18H28N4O2. The topological polar surface area (TPSA) is 77.0 Å². The summed E-state index contributed by atoms with van der Waals surface area (Å²) in [5.41, 5.74) is 1.88. The molecule has 1 amide bonds. The van der Waals surface area contributed by atoms with Gasteiger partial charge < -0.3 is 20.6 Å². The zero-order valence-electron chi connectivity index (χ0n) is 14.7. The number of carbonyl (C=O) groups is 1. The van der Waals surface area contributed by atoms with Gasteiger partial charge >= 0.3 is 0 Å². The third-order valence-corrected chi connectivity index (χ3v) is 3.96. The number of guanidine groups is 1. The zero-order valence-corrected chi connectivity index (χ0v) is 14.7. The van der Waals surface area contributed by atoms with Crippen LogP contribution in [-0.2, 0) is 11.3 Å². The van der Waals surface area contributed by atoms with Crippen LogP contribution in [0.3, 0.4) is 0 Å². The molecule has 1 heterocycles. The van der Waals surface area contributed by atoms with Crippen molar-refractivity contribution in [1.82, 2.24) is 10.2 Å². The van der Waals surface area contributed by atoms with Crippen molar-refractivity contribution in [2.45, 2.75) is 39.8 Å². The number of carbonyl (C=O) groups excluding carboxylic acids is 1. The highest BCUT2D eigenvalue weighted by molar-refractivity contribution is 5.92. The van der Waals surface area contributed by atoms with Gasteiger partial charge in [-0.25, -0.2) is 4.99 Å². The maximum Gasteiger partial charge on any atom is 0.226 e. The van der Waals surface area contributed by atoms with E-state index in [-0.39, 0.29) is 17.9 Å². The molecule has 1 fully saturated rings. The van der Waals surface area contributed by atoms with Crippen LogP contribution >= 0.6 is 0 Å². The van der Waals surface area contributed by atoms with Crippen molar-refractivity contribution in [3.63, 3.8) is 0 Å². The Morgan fingerprint density at radius 3 is 2.62 bits per heavy atom. The van der Waals surface area contributed by atoms with E-state index in [9.17, 15) is 9.90 Å². The third kappa shape index (κ3) is 5.23. The standard InChI is InChI=1S/C18H28N4O2/c1-4-19-18(22-10-9-16(23)12-22)20-11-14-5-7-15(8-6-14)21-17(24)13(2)3/h5-8,13,16,23H,4,9-12H2,1-3H3,(H,19,20)(H,21,24)/t16-/m1/s1. The van der Waals surface area contributed by atoms with E-state index in [2.05, 4.69) is 20.5 Å². The van der Waals surface area contributed by atoms with Gasteiger partial charge in [0, 0.05) is 31.2 Å². The molecular weight excluding hydrogens is 304 g/mol. The van der Waals surface area contributed by atoms with Crippen LogP contribution in [0.2, 0.25) is 0 Å². The Morgan fingerprint density at radius 1 is 1.38 bits per heavy atom. The molecule has 1 aromatic carbocycles. The maximum atomic E-state index is 11.7. The normalized spacial score (nSPS) is 18.1. The number of benzene rings is 1. The van der Waals surface area contributed by atoms with Crippen molar-refractivity contribution in [2.75, 3.05) is 25.0 Å². The summed E-state index contributed by atoms with van der Waals surface area (Å²) in [7, 11) is 0. The molecule has 1 aliphatic rings. The molecule has 1 atom stereocenters. The third-order valence-electron chi connectivity index (χ3n) is 3.96. The van der Waals surface area contributed by atoms with Gasteiger partial charge in [0.15, 0.2) is 5.96 Å². The number of aliphatic hydroxyl groups excluding tert-OH is 1. The van der Waals surface area contributed by atoms with Gasteiger partial charge in [-0.1, -0.05) is 26.0 Å². The Balaban J connectivity index is 1.97. The molecule has 24 heavy (non-hydrogen) atoms. The molecule has 0 bridgehead atoms. The minimum Gasteiger partial charge on any atom is -0.391 e. The maximum absolute atomic E-state index is 11.7. The fourth-order valence-electron chi connectivity index (χ4n) is 2.51. The van der Waals surface area contributed by atoms with E-state index in [1.54, 1.807) is 0 Å². The monoisotopic (exact) mass is 332 g/mol. The Bertz CT molecular complexity index is 569. The van der Waals surface area contributed by atoms with E-state index in [0.29, 0.717) is 13.1 Å². The highest BCUT2D eigenvalue weighted by atomic mass is 16.3. The first-order chi connectivity index (χ1) is 11.5. The number of amides is 1. The molecule has 2 rings (SSSR count). The molecule has 0 aromatic heterocycles. The lowest BCUT2D eigenvalue weighted by Gasteiger charge is -2.20. The molecule has 0 radical (unpaired) electrons. The summed E-state index contributed by atoms with van der Waals surface area (Å²) in [6.07, 6.45) is 0.520. The van der Waals surface area contributed by atoms with E-state index in [4.69, 9.17) is 0 Å². The summed E-state index contributed by atoms with van der Waals surface area (Å²) in [5, 5.41) is 15.8. The number of hydrogen-bond donors (Lipinski definition) is 3. The molecule has 132 valence electrons. The minimum absolute atomic E-state index is 0.0165. The van der Waals surface area contributed by atoms with Crippen LogP contribution in [0.15, 0.2) is 29.3 Å². The molecule has 0 aliphatic carbocycles. The molecule has 0 unspecified atom stereocenters. The number of aliphatic hydroxyl groups is 1. The summed E-state index contributed by atoms with van der Waals surface area (Å²) >= 11 is 0. The van der Waals surface area contributed by atoms with Crippen molar-refractivity contribution >= 4 is 17.6 Å². The second-order valence-electron chi connectivity index (χ2n) is 6.40. The molecule has 1 aromatic rings. The number of anilines is 1. The Kier molecular flexibility index (Phi) is 6.61. The lowest BCUT2D eigenvalue weighted by molar-refractivity contribution is -0.118. The number of rotatable bonds is 5. The fourth-order valence-corrected chi connectivity index (χ4v) is 2.51. The second kappa shape index (κ2) is 8.68. The van der Waals surface area contributed by atoms with Gasteiger partial charge in [-0.2, -0.15) is 0 Å². The summed E-state index contributed by atoms with van der Waals surface area (Å²) in [6, 6.07) is 7.75. The predicted molar refractivity (Wildman–Crippen MR) is 96.9 cm³/mol. The Labute approximate surface area is 144 Å². The summed E-state index contributed by atoms with van der Waals surface area (Å²) in [5.74, 6) is 0.821. The van der Waals surface area contributed by atoms with E-state index in [0.717, 1.165) is 36.7 Å². The average molecular weight is 332 g/mol. The molecule has 3 N–H and O–H groups in total. The van der Waals surface area contributed by atoms with E-state index in [1.807, 2.05) is 45.0 Å². The molecule has 1 aliphatic heterocycles. The van der Waals surface area contributed by atoms with Crippen LogP contribution in [0.25, 0.3) is 0 Å². The van der Waals surface area contributed by atoms with E-state index < -0.39 is 0 Å².